The Morgan fingerprint density at radius 2 is 2.24 bits per heavy atom. The van der Waals surface area contributed by atoms with Gasteiger partial charge in [-0.2, -0.15) is 24.7 Å². The third kappa shape index (κ3) is 4.09. The second kappa shape index (κ2) is 6.93. The predicted molar refractivity (Wildman–Crippen MR) is 76.3 cm³/mol. The molecule has 0 spiro atoms. The zero-order valence-corrected chi connectivity index (χ0v) is 12.4. The van der Waals surface area contributed by atoms with Crippen LogP contribution in [-0.4, -0.2) is 55.8 Å². The quantitative estimate of drug-likeness (QED) is 0.805. The molecule has 2 aromatic rings. The van der Waals surface area contributed by atoms with E-state index in [1.54, 1.807) is 11.9 Å². The summed E-state index contributed by atoms with van der Waals surface area (Å²) < 4.78 is 1.36. The zero-order valence-electron chi connectivity index (χ0n) is 11.7. The molecule has 10 heteroatoms. The van der Waals surface area contributed by atoms with Gasteiger partial charge in [0.1, 0.15) is 12.7 Å². The summed E-state index contributed by atoms with van der Waals surface area (Å²) in [6, 6.07) is 0. The summed E-state index contributed by atoms with van der Waals surface area (Å²) in [4.78, 5) is 29.3. The minimum Gasteiger partial charge on any atom is -0.355 e. The van der Waals surface area contributed by atoms with Crippen LogP contribution < -0.4 is 10.2 Å². The summed E-state index contributed by atoms with van der Waals surface area (Å²) in [5, 5.41) is 6.72. The van der Waals surface area contributed by atoms with Crippen molar-refractivity contribution in [2.24, 2.45) is 0 Å². The molecule has 21 heavy (non-hydrogen) atoms. The van der Waals surface area contributed by atoms with Crippen molar-refractivity contribution in [1.29, 1.82) is 0 Å². The van der Waals surface area contributed by atoms with E-state index in [1.807, 2.05) is 6.92 Å². The van der Waals surface area contributed by atoms with Gasteiger partial charge in [-0.05, 0) is 18.0 Å². The van der Waals surface area contributed by atoms with E-state index in [1.165, 1.54) is 17.3 Å². The molecule has 0 radical (unpaired) electrons. The molecule has 0 saturated carbocycles. The molecule has 0 unspecified atom stereocenters. The van der Waals surface area contributed by atoms with Crippen LogP contribution in [0.2, 0.25) is 5.28 Å². The van der Waals surface area contributed by atoms with Gasteiger partial charge in [0.25, 0.3) is 5.95 Å². The maximum Gasteiger partial charge on any atom is 0.258 e. The molecule has 0 saturated heterocycles. The molecule has 9 nitrogen and oxygen atoms in total. The SMILES string of the molecule is CCCNC(=O)CN(C)c1nc(Cl)nc(-n2cncn2)n1. The number of hydrogen-bond donors (Lipinski definition) is 1. The Morgan fingerprint density at radius 1 is 1.43 bits per heavy atom. The van der Waals surface area contributed by atoms with E-state index in [0.717, 1.165) is 6.42 Å². The van der Waals surface area contributed by atoms with Crippen molar-refractivity contribution >= 4 is 23.5 Å². The first kappa shape index (κ1) is 15.1. The molecule has 1 amide bonds. The van der Waals surface area contributed by atoms with Crippen molar-refractivity contribution < 1.29 is 4.79 Å². The van der Waals surface area contributed by atoms with Gasteiger partial charge in [-0.25, -0.2) is 4.98 Å². The highest BCUT2D eigenvalue weighted by atomic mass is 35.5. The van der Waals surface area contributed by atoms with Crippen LogP contribution in [0.15, 0.2) is 12.7 Å². The molecule has 2 heterocycles. The molecule has 112 valence electrons. The van der Waals surface area contributed by atoms with Crippen LogP contribution in [0.5, 0.6) is 0 Å². The second-order valence-corrected chi connectivity index (χ2v) is 4.59. The first-order chi connectivity index (χ1) is 10.1. The average molecular weight is 311 g/mol. The molecule has 0 aliphatic heterocycles. The van der Waals surface area contributed by atoms with Crippen molar-refractivity contribution in [1.82, 2.24) is 35.0 Å². The van der Waals surface area contributed by atoms with E-state index < -0.39 is 0 Å². The third-order valence-electron chi connectivity index (χ3n) is 2.50. The Labute approximate surface area is 126 Å². The van der Waals surface area contributed by atoms with Crippen molar-refractivity contribution in [3.05, 3.63) is 17.9 Å². The summed E-state index contributed by atoms with van der Waals surface area (Å²) in [5.74, 6) is 0.411. The van der Waals surface area contributed by atoms with Gasteiger partial charge in [-0.1, -0.05) is 6.92 Å². The molecular weight excluding hydrogens is 296 g/mol. The molecule has 0 aliphatic carbocycles. The lowest BCUT2D eigenvalue weighted by Crippen LogP contribution is -2.36. The smallest absolute Gasteiger partial charge is 0.258 e. The standard InChI is InChI=1S/C11H15ClN8O/c1-3-4-14-8(21)5-19(2)10-16-9(12)17-11(18-10)20-7-13-6-15-20/h6-7H,3-5H2,1-2H3,(H,14,21). The number of nitrogens with zero attached hydrogens (tertiary/aromatic N) is 7. The minimum atomic E-state index is -0.113. The summed E-state index contributed by atoms with van der Waals surface area (Å²) in [7, 11) is 1.70. The Kier molecular flexibility index (Phi) is 4.99. The second-order valence-electron chi connectivity index (χ2n) is 4.25. The van der Waals surface area contributed by atoms with Gasteiger partial charge in [0.05, 0.1) is 6.54 Å². The van der Waals surface area contributed by atoms with E-state index in [0.29, 0.717) is 6.54 Å². The number of amides is 1. The highest BCUT2D eigenvalue weighted by Gasteiger charge is 2.13. The number of hydrogen-bond acceptors (Lipinski definition) is 7. The number of carbonyl (C=O) groups excluding carboxylic acids is 1. The van der Waals surface area contributed by atoms with Gasteiger partial charge in [0, 0.05) is 13.6 Å². The van der Waals surface area contributed by atoms with Crippen molar-refractivity contribution in [3.63, 3.8) is 0 Å². The van der Waals surface area contributed by atoms with E-state index in [9.17, 15) is 4.79 Å². The summed E-state index contributed by atoms with van der Waals surface area (Å²) in [6.07, 6.45) is 3.69. The van der Waals surface area contributed by atoms with E-state index >= 15 is 0 Å². The fourth-order valence-corrected chi connectivity index (χ4v) is 1.67. The van der Waals surface area contributed by atoms with Gasteiger partial charge in [-0.3, -0.25) is 4.79 Å². The van der Waals surface area contributed by atoms with Crippen LogP contribution in [0.25, 0.3) is 5.95 Å². The van der Waals surface area contributed by atoms with Gasteiger partial charge in [0.15, 0.2) is 0 Å². The molecule has 0 bridgehead atoms. The zero-order chi connectivity index (χ0) is 15.2. The van der Waals surface area contributed by atoms with Crippen LogP contribution in [0.4, 0.5) is 5.95 Å². The number of likely N-dealkylation sites (N-methyl/N-ethyl adjacent to an activating group) is 1. The van der Waals surface area contributed by atoms with Crippen molar-refractivity contribution in [2.75, 3.05) is 25.0 Å². The van der Waals surface area contributed by atoms with Crippen LogP contribution >= 0.6 is 11.6 Å². The highest BCUT2D eigenvalue weighted by molar-refractivity contribution is 6.28. The lowest BCUT2D eigenvalue weighted by Gasteiger charge is -2.16. The lowest BCUT2D eigenvalue weighted by atomic mass is 10.4. The van der Waals surface area contributed by atoms with Crippen LogP contribution in [0.3, 0.4) is 0 Å². The fourth-order valence-electron chi connectivity index (χ4n) is 1.52. The molecule has 2 aromatic heterocycles. The van der Waals surface area contributed by atoms with E-state index in [-0.39, 0.29) is 29.6 Å². The van der Waals surface area contributed by atoms with Crippen LogP contribution in [-0.2, 0) is 4.79 Å². The normalized spacial score (nSPS) is 10.4. The number of carbonyl (C=O) groups is 1. The highest BCUT2D eigenvalue weighted by Crippen LogP contribution is 2.11. The number of anilines is 1. The first-order valence-corrected chi connectivity index (χ1v) is 6.72. The van der Waals surface area contributed by atoms with Crippen LogP contribution in [0, 0.1) is 0 Å². The number of nitrogens with one attached hydrogen (secondary N) is 1. The van der Waals surface area contributed by atoms with E-state index in [4.69, 9.17) is 11.6 Å². The monoisotopic (exact) mass is 310 g/mol. The molecule has 2 rings (SSSR count). The third-order valence-corrected chi connectivity index (χ3v) is 2.67. The van der Waals surface area contributed by atoms with Gasteiger partial charge >= 0.3 is 0 Å². The Bertz CT molecular complexity index is 602. The maximum atomic E-state index is 11.7. The first-order valence-electron chi connectivity index (χ1n) is 6.34. The number of rotatable bonds is 6. The summed E-state index contributed by atoms with van der Waals surface area (Å²) in [6.45, 7) is 2.74. The largest absolute Gasteiger partial charge is 0.355 e. The summed E-state index contributed by atoms with van der Waals surface area (Å²) in [5.41, 5.74) is 0. The molecule has 0 aliphatic rings. The van der Waals surface area contributed by atoms with Crippen molar-refractivity contribution in [3.8, 4) is 5.95 Å². The number of aromatic nitrogens is 6. The Hall–Kier alpha value is -2.29. The molecule has 1 N–H and O–H groups in total. The lowest BCUT2D eigenvalue weighted by molar-refractivity contribution is -0.119. The predicted octanol–water partition coefficient (Wildman–Crippen LogP) is 0.0681. The van der Waals surface area contributed by atoms with Gasteiger partial charge in [-0.15, -0.1) is 0 Å². The van der Waals surface area contributed by atoms with Gasteiger partial charge in [0.2, 0.25) is 17.1 Å². The molecule has 0 atom stereocenters. The molecule has 0 fully saturated rings. The molecular formula is C11H15ClN8O. The maximum absolute atomic E-state index is 11.7. The minimum absolute atomic E-state index is 0.0197. The fraction of sp³-hybridized carbons (Fsp3) is 0.455. The Morgan fingerprint density at radius 3 is 2.90 bits per heavy atom. The van der Waals surface area contributed by atoms with Crippen molar-refractivity contribution in [2.45, 2.75) is 13.3 Å². The average Bonchev–Trinajstić information content (AvgIpc) is 2.98. The Balaban J connectivity index is 2.14. The summed E-state index contributed by atoms with van der Waals surface area (Å²) >= 11 is 5.88. The topological polar surface area (TPSA) is 102 Å². The van der Waals surface area contributed by atoms with E-state index in [2.05, 4.69) is 30.4 Å². The van der Waals surface area contributed by atoms with Gasteiger partial charge < -0.3 is 10.2 Å². The van der Waals surface area contributed by atoms with Crippen LogP contribution in [0.1, 0.15) is 13.3 Å². The molecule has 0 aromatic carbocycles. The number of halogens is 1.